The van der Waals surface area contributed by atoms with Crippen molar-refractivity contribution in [2.24, 2.45) is 0 Å². The van der Waals surface area contributed by atoms with Gasteiger partial charge in [0, 0.05) is 0 Å². The fourth-order valence-corrected chi connectivity index (χ4v) is 0.491. The number of halogens is 9. The Bertz CT molecular complexity index is 332. The highest BCUT2D eigenvalue weighted by molar-refractivity contribution is 5.23. The number of rotatable bonds is 2. The highest BCUT2D eigenvalue weighted by Crippen LogP contribution is 2.39. The van der Waals surface area contributed by atoms with Crippen molar-refractivity contribution in [2.75, 3.05) is 0 Å². The second-order valence-electron chi connectivity index (χ2n) is 2.32. The normalized spacial score (nSPS) is 17.6. The van der Waals surface area contributed by atoms with Gasteiger partial charge >= 0.3 is 18.1 Å². The summed E-state index contributed by atoms with van der Waals surface area (Å²) >= 11 is 0. The largest absolute Gasteiger partial charge is 0.445 e. The van der Waals surface area contributed by atoms with Crippen molar-refractivity contribution >= 4 is 0 Å². The molecular formula is C6HF9O. The summed E-state index contributed by atoms with van der Waals surface area (Å²) < 4.78 is 106. The second-order valence-corrected chi connectivity index (χ2v) is 2.32. The molecule has 1 N–H and O–H groups in total. The van der Waals surface area contributed by atoms with E-state index in [2.05, 4.69) is 0 Å². The van der Waals surface area contributed by atoms with Crippen LogP contribution in [0, 0.1) is 0 Å². The maximum absolute atomic E-state index is 12.4. The third kappa shape index (κ3) is 2.90. The van der Waals surface area contributed by atoms with Crippen molar-refractivity contribution in [3.63, 3.8) is 0 Å². The highest BCUT2D eigenvalue weighted by Gasteiger charge is 2.50. The minimum absolute atomic E-state index is 3.57. The van der Waals surface area contributed by atoms with Crippen LogP contribution in [0.3, 0.4) is 0 Å². The van der Waals surface area contributed by atoms with E-state index in [1.807, 2.05) is 0 Å². The summed E-state index contributed by atoms with van der Waals surface area (Å²) in [5.41, 5.74) is 0. The van der Waals surface area contributed by atoms with E-state index in [0.29, 0.717) is 0 Å². The van der Waals surface area contributed by atoms with Crippen molar-refractivity contribution in [3.05, 3.63) is 23.6 Å². The Morgan fingerprint density at radius 1 is 0.688 bits per heavy atom. The molecule has 16 heavy (non-hydrogen) atoms. The Balaban J connectivity index is 5.61. The van der Waals surface area contributed by atoms with E-state index in [-0.39, 0.29) is 0 Å². The lowest BCUT2D eigenvalue weighted by atomic mass is 10.2. The standard InChI is InChI=1S/C6HF9O/c7-1(2(8)6(13,14)15)5(12,16)3(9)4(10)11/h16H. The molecule has 0 aromatic heterocycles. The van der Waals surface area contributed by atoms with Gasteiger partial charge in [0.05, 0.1) is 0 Å². The molecule has 0 fully saturated rings. The van der Waals surface area contributed by atoms with Gasteiger partial charge in [0.1, 0.15) is 0 Å². The molecule has 0 radical (unpaired) electrons. The first-order chi connectivity index (χ1) is 6.92. The van der Waals surface area contributed by atoms with Crippen LogP contribution in [0.2, 0.25) is 0 Å². The van der Waals surface area contributed by atoms with Gasteiger partial charge in [-0.2, -0.15) is 35.1 Å². The van der Waals surface area contributed by atoms with Gasteiger partial charge in [-0.1, -0.05) is 0 Å². The summed E-state index contributed by atoms with van der Waals surface area (Å²) in [6.07, 6.45) is -9.72. The van der Waals surface area contributed by atoms with E-state index in [1.54, 1.807) is 0 Å². The summed E-state index contributed by atoms with van der Waals surface area (Å²) in [6.45, 7) is 0. The third-order valence-electron chi connectivity index (χ3n) is 1.19. The number of aliphatic hydroxyl groups is 1. The Morgan fingerprint density at radius 3 is 1.31 bits per heavy atom. The van der Waals surface area contributed by atoms with Gasteiger partial charge in [-0.3, -0.25) is 0 Å². The van der Waals surface area contributed by atoms with Gasteiger partial charge in [-0.25, -0.2) is 4.39 Å². The number of hydrogen-bond acceptors (Lipinski definition) is 1. The van der Waals surface area contributed by atoms with Crippen LogP contribution in [0.15, 0.2) is 23.6 Å². The predicted octanol–water partition coefficient (Wildman–Crippen LogP) is 3.43. The molecule has 1 atom stereocenters. The summed E-state index contributed by atoms with van der Waals surface area (Å²) in [7, 11) is 0. The molecule has 0 aromatic carbocycles. The van der Waals surface area contributed by atoms with Gasteiger partial charge in [0.15, 0.2) is 0 Å². The zero-order chi connectivity index (χ0) is 13.3. The lowest BCUT2D eigenvalue weighted by Crippen LogP contribution is -2.28. The first-order valence-corrected chi connectivity index (χ1v) is 3.17. The Kier molecular flexibility index (Phi) is 4.03. The Hall–Kier alpha value is -1.19. The molecule has 0 saturated carbocycles. The average molecular weight is 260 g/mol. The molecule has 0 aromatic rings. The van der Waals surface area contributed by atoms with Crippen LogP contribution in [0.25, 0.3) is 0 Å². The molecule has 0 aliphatic heterocycles. The molecule has 1 unspecified atom stereocenters. The van der Waals surface area contributed by atoms with E-state index in [4.69, 9.17) is 5.11 Å². The Morgan fingerprint density at radius 2 is 1.06 bits per heavy atom. The molecule has 0 aliphatic rings. The molecular weight excluding hydrogens is 259 g/mol. The van der Waals surface area contributed by atoms with Gasteiger partial charge in [0.2, 0.25) is 17.5 Å². The van der Waals surface area contributed by atoms with Crippen LogP contribution >= 0.6 is 0 Å². The highest BCUT2D eigenvalue weighted by atomic mass is 19.4. The third-order valence-corrected chi connectivity index (χ3v) is 1.19. The number of hydrogen-bond donors (Lipinski definition) is 1. The van der Waals surface area contributed by atoms with E-state index >= 15 is 0 Å². The molecule has 94 valence electrons. The van der Waals surface area contributed by atoms with Crippen LogP contribution in [-0.4, -0.2) is 17.1 Å². The smallest absolute Gasteiger partial charge is 0.351 e. The first-order valence-electron chi connectivity index (χ1n) is 3.17. The van der Waals surface area contributed by atoms with Crippen molar-refractivity contribution < 1.29 is 44.6 Å². The summed E-state index contributed by atoms with van der Waals surface area (Å²) in [4.78, 5) is 0. The average Bonchev–Trinajstić information content (AvgIpc) is 2.12. The molecule has 10 heteroatoms. The lowest BCUT2D eigenvalue weighted by Gasteiger charge is -2.15. The fourth-order valence-electron chi connectivity index (χ4n) is 0.491. The second kappa shape index (κ2) is 4.36. The molecule has 0 amide bonds. The van der Waals surface area contributed by atoms with Crippen LogP contribution in [-0.2, 0) is 0 Å². The number of allylic oxidation sites excluding steroid dienone is 1. The van der Waals surface area contributed by atoms with Crippen molar-refractivity contribution in [1.29, 1.82) is 0 Å². The lowest BCUT2D eigenvalue weighted by molar-refractivity contribution is -0.122. The van der Waals surface area contributed by atoms with Crippen LogP contribution < -0.4 is 0 Å². The van der Waals surface area contributed by atoms with Gasteiger partial charge in [-0.05, 0) is 0 Å². The fraction of sp³-hybridized carbons (Fsp3) is 0.333. The van der Waals surface area contributed by atoms with E-state index in [9.17, 15) is 39.5 Å². The molecule has 0 heterocycles. The van der Waals surface area contributed by atoms with Crippen LogP contribution in [0.4, 0.5) is 39.5 Å². The molecule has 1 nitrogen and oxygen atoms in total. The maximum atomic E-state index is 12.4. The summed E-state index contributed by atoms with van der Waals surface area (Å²) in [5.74, 6) is -16.7. The molecule has 0 bridgehead atoms. The zero-order valence-corrected chi connectivity index (χ0v) is 6.85. The zero-order valence-electron chi connectivity index (χ0n) is 6.85. The summed E-state index contributed by atoms with van der Waals surface area (Å²) in [6, 6.07) is 0. The van der Waals surface area contributed by atoms with E-state index in [0.717, 1.165) is 0 Å². The van der Waals surface area contributed by atoms with E-state index < -0.39 is 35.6 Å². The van der Waals surface area contributed by atoms with Crippen molar-refractivity contribution in [2.45, 2.75) is 12.0 Å². The van der Waals surface area contributed by atoms with Crippen LogP contribution in [0.1, 0.15) is 0 Å². The monoisotopic (exact) mass is 260 g/mol. The van der Waals surface area contributed by atoms with Crippen molar-refractivity contribution in [1.82, 2.24) is 0 Å². The van der Waals surface area contributed by atoms with Crippen molar-refractivity contribution in [3.8, 4) is 0 Å². The Labute approximate surface area is 81.5 Å². The maximum Gasteiger partial charge on any atom is 0.445 e. The minimum Gasteiger partial charge on any atom is -0.351 e. The SMILES string of the molecule is OC(F)(C(F)=C(F)F)C(F)=C(F)C(F)(F)F. The topological polar surface area (TPSA) is 20.2 Å². The molecule has 0 spiro atoms. The van der Waals surface area contributed by atoms with E-state index in [1.165, 1.54) is 0 Å². The van der Waals surface area contributed by atoms with Gasteiger partial charge in [-0.15, -0.1) is 0 Å². The molecule has 0 saturated heterocycles. The van der Waals surface area contributed by atoms with Gasteiger partial charge in [0.25, 0.3) is 0 Å². The predicted molar refractivity (Wildman–Crippen MR) is 31.7 cm³/mol. The number of alkyl halides is 4. The quantitative estimate of drug-likeness (QED) is 0.754. The first kappa shape index (κ1) is 14.8. The van der Waals surface area contributed by atoms with Gasteiger partial charge < -0.3 is 5.11 Å². The molecule has 0 rings (SSSR count). The molecule has 0 aliphatic carbocycles. The summed E-state index contributed by atoms with van der Waals surface area (Å²) in [5, 5.41) is 8.00. The minimum atomic E-state index is -6.09. The van der Waals surface area contributed by atoms with Crippen LogP contribution in [0.5, 0.6) is 0 Å².